The summed E-state index contributed by atoms with van der Waals surface area (Å²) in [5.74, 6) is -0.553. The Labute approximate surface area is 137 Å². The molecule has 0 atom stereocenters. The molecule has 2 rings (SSSR count). The van der Waals surface area contributed by atoms with Crippen molar-refractivity contribution in [2.24, 2.45) is 0 Å². The fraction of sp³-hybridized carbons (Fsp3) is 0.294. The molecule has 0 aliphatic rings. The summed E-state index contributed by atoms with van der Waals surface area (Å²) in [6.07, 6.45) is -3.35. The summed E-state index contributed by atoms with van der Waals surface area (Å²) in [6.45, 7) is 3.88. The number of pyridine rings is 1. The molecule has 0 amide bonds. The summed E-state index contributed by atoms with van der Waals surface area (Å²) in [4.78, 5) is 5.11. The number of hydrogen-bond donors (Lipinski definition) is 0. The molecule has 0 fully saturated rings. The molecule has 0 saturated heterocycles. The second-order valence-corrected chi connectivity index (χ2v) is 5.55. The SMILES string of the molecule is CC(C)N(Cc1ccc(C(F)(F)F)nc1)c1ccc(C#N)cc1F. The van der Waals surface area contributed by atoms with Gasteiger partial charge in [-0.05, 0) is 43.7 Å². The molecule has 0 unspecified atom stereocenters. The van der Waals surface area contributed by atoms with Gasteiger partial charge in [-0.1, -0.05) is 6.07 Å². The predicted molar refractivity (Wildman–Crippen MR) is 81.7 cm³/mol. The summed E-state index contributed by atoms with van der Waals surface area (Å²) in [6, 6.07) is 8.11. The van der Waals surface area contributed by atoms with Gasteiger partial charge in [0.2, 0.25) is 0 Å². The van der Waals surface area contributed by atoms with Crippen LogP contribution < -0.4 is 4.90 Å². The van der Waals surface area contributed by atoms with Crippen LogP contribution >= 0.6 is 0 Å². The number of aromatic nitrogens is 1. The quantitative estimate of drug-likeness (QED) is 0.770. The van der Waals surface area contributed by atoms with Gasteiger partial charge in [-0.15, -0.1) is 0 Å². The summed E-state index contributed by atoms with van der Waals surface area (Å²) in [5, 5.41) is 8.80. The number of anilines is 1. The van der Waals surface area contributed by atoms with Crippen molar-refractivity contribution in [2.75, 3.05) is 4.90 Å². The maximum atomic E-state index is 14.2. The monoisotopic (exact) mass is 337 g/mol. The molecule has 1 aromatic heterocycles. The molecule has 3 nitrogen and oxygen atoms in total. The van der Waals surface area contributed by atoms with Crippen LogP contribution in [0.25, 0.3) is 0 Å². The van der Waals surface area contributed by atoms with E-state index in [9.17, 15) is 17.6 Å². The fourth-order valence-electron chi connectivity index (χ4n) is 2.24. The highest BCUT2D eigenvalue weighted by Crippen LogP contribution is 2.28. The molecule has 0 radical (unpaired) electrons. The van der Waals surface area contributed by atoms with E-state index in [2.05, 4.69) is 4.98 Å². The maximum absolute atomic E-state index is 14.2. The number of nitrogens with zero attached hydrogens (tertiary/aromatic N) is 3. The van der Waals surface area contributed by atoms with Crippen LogP contribution in [0.2, 0.25) is 0 Å². The zero-order valence-electron chi connectivity index (χ0n) is 13.1. The number of rotatable bonds is 4. The average Bonchev–Trinajstić information content (AvgIpc) is 2.52. The van der Waals surface area contributed by atoms with E-state index in [4.69, 9.17) is 5.26 Å². The van der Waals surface area contributed by atoms with E-state index in [1.54, 1.807) is 4.90 Å². The van der Waals surface area contributed by atoms with Gasteiger partial charge in [-0.3, -0.25) is 4.98 Å². The number of benzene rings is 1. The molecule has 2 aromatic rings. The van der Waals surface area contributed by atoms with E-state index in [0.29, 0.717) is 5.56 Å². The van der Waals surface area contributed by atoms with Gasteiger partial charge in [-0.25, -0.2) is 4.39 Å². The lowest BCUT2D eigenvalue weighted by atomic mass is 10.1. The predicted octanol–water partition coefficient (Wildman–Crippen LogP) is 4.53. The van der Waals surface area contributed by atoms with Crippen LogP contribution in [0.4, 0.5) is 23.2 Å². The van der Waals surface area contributed by atoms with Crippen LogP contribution in [0.1, 0.15) is 30.7 Å². The molecule has 0 bridgehead atoms. The Kier molecular flexibility index (Phi) is 5.07. The van der Waals surface area contributed by atoms with Crippen molar-refractivity contribution in [3.8, 4) is 6.07 Å². The van der Waals surface area contributed by atoms with Crippen molar-refractivity contribution in [3.63, 3.8) is 0 Å². The summed E-state index contributed by atoms with van der Waals surface area (Å²) in [5.41, 5.74) is 0.0485. The van der Waals surface area contributed by atoms with Crippen molar-refractivity contribution in [1.82, 2.24) is 4.98 Å². The van der Waals surface area contributed by atoms with E-state index in [1.807, 2.05) is 19.9 Å². The third-order valence-electron chi connectivity index (χ3n) is 3.48. The zero-order valence-corrected chi connectivity index (χ0v) is 13.1. The third kappa shape index (κ3) is 4.02. The van der Waals surface area contributed by atoms with Gasteiger partial charge in [0.05, 0.1) is 17.3 Å². The first-order valence-corrected chi connectivity index (χ1v) is 7.21. The Hall–Kier alpha value is -2.62. The smallest absolute Gasteiger partial charge is 0.362 e. The lowest BCUT2D eigenvalue weighted by Crippen LogP contribution is -2.31. The maximum Gasteiger partial charge on any atom is 0.433 e. The van der Waals surface area contributed by atoms with E-state index in [1.165, 1.54) is 18.2 Å². The van der Waals surface area contributed by atoms with Gasteiger partial charge in [0, 0.05) is 18.8 Å². The molecule has 24 heavy (non-hydrogen) atoms. The molecular weight excluding hydrogens is 322 g/mol. The largest absolute Gasteiger partial charge is 0.433 e. The molecular formula is C17H15F4N3. The van der Waals surface area contributed by atoms with Gasteiger partial charge < -0.3 is 4.90 Å². The molecule has 0 N–H and O–H groups in total. The van der Waals surface area contributed by atoms with Crippen molar-refractivity contribution in [3.05, 3.63) is 59.2 Å². The van der Waals surface area contributed by atoms with Crippen LogP contribution in [0.3, 0.4) is 0 Å². The van der Waals surface area contributed by atoms with Gasteiger partial charge >= 0.3 is 6.18 Å². The zero-order chi connectivity index (χ0) is 17.9. The van der Waals surface area contributed by atoms with E-state index in [-0.39, 0.29) is 23.8 Å². The molecule has 0 aliphatic heterocycles. The summed E-state index contributed by atoms with van der Waals surface area (Å²) >= 11 is 0. The Balaban J connectivity index is 2.28. The lowest BCUT2D eigenvalue weighted by molar-refractivity contribution is -0.141. The van der Waals surface area contributed by atoms with Gasteiger partial charge in [-0.2, -0.15) is 18.4 Å². The summed E-state index contributed by atoms with van der Waals surface area (Å²) < 4.78 is 51.9. The molecule has 1 aromatic carbocycles. The molecule has 0 spiro atoms. The van der Waals surface area contributed by atoms with Crippen molar-refractivity contribution in [1.29, 1.82) is 5.26 Å². The van der Waals surface area contributed by atoms with Gasteiger partial charge in [0.1, 0.15) is 11.5 Å². The first kappa shape index (κ1) is 17.7. The van der Waals surface area contributed by atoms with Gasteiger partial charge in [0.15, 0.2) is 0 Å². The highest BCUT2D eigenvalue weighted by atomic mass is 19.4. The highest BCUT2D eigenvalue weighted by molar-refractivity contribution is 5.52. The van der Waals surface area contributed by atoms with Crippen LogP contribution in [-0.4, -0.2) is 11.0 Å². The minimum Gasteiger partial charge on any atom is -0.362 e. The number of hydrogen-bond acceptors (Lipinski definition) is 3. The molecule has 1 heterocycles. The minimum atomic E-state index is -4.49. The van der Waals surface area contributed by atoms with Crippen LogP contribution in [-0.2, 0) is 12.7 Å². The van der Waals surface area contributed by atoms with E-state index in [0.717, 1.165) is 18.3 Å². The fourth-order valence-corrected chi connectivity index (χ4v) is 2.24. The van der Waals surface area contributed by atoms with Crippen molar-refractivity contribution >= 4 is 5.69 Å². The Morgan fingerprint density at radius 2 is 1.92 bits per heavy atom. The number of nitriles is 1. The normalized spacial score (nSPS) is 11.4. The van der Waals surface area contributed by atoms with Crippen LogP contribution in [0.5, 0.6) is 0 Å². The highest BCUT2D eigenvalue weighted by Gasteiger charge is 2.32. The van der Waals surface area contributed by atoms with Crippen LogP contribution in [0, 0.1) is 17.1 Å². The Morgan fingerprint density at radius 1 is 1.21 bits per heavy atom. The summed E-state index contributed by atoms with van der Waals surface area (Å²) in [7, 11) is 0. The van der Waals surface area contributed by atoms with Crippen molar-refractivity contribution in [2.45, 2.75) is 32.6 Å². The molecule has 126 valence electrons. The van der Waals surface area contributed by atoms with E-state index < -0.39 is 17.7 Å². The Bertz CT molecular complexity index is 746. The third-order valence-corrected chi connectivity index (χ3v) is 3.48. The number of alkyl halides is 3. The minimum absolute atomic E-state index is 0.102. The molecule has 7 heteroatoms. The molecule has 0 aliphatic carbocycles. The lowest BCUT2D eigenvalue weighted by Gasteiger charge is -2.29. The topological polar surface area (TPSA) is 39.9 Å². The average molecular weight is 337 g/mol. The second-order valence-electron chi connectivity index (χ2n) is 5.55. The second kappa shape index (κ2) is 6.87. The van der Waals surface area contributed by atoms with Gasteiger partial charge in [0.25, 0.3) is 0 Å². The first-order chi connectivity index (χ1) is 11.2. The van der Waals surface area contributed by atoms with Crippen molar-refractivity contribution < 1.29 is 17.6 Å². The standard InChI is InChI=1S/C17H15F4N3/c1-11(2)24(15-5-3-12(8-22)7-14(15)18)10-13-4-6-16(23-9-13)17(19,20)21/h3-7,9,11H,10H2,1-2H3. The van der Waals surface area contributed by atoms with E-state index >= 15 is 0 Å². The Morgan fingerprint density at radius 3 is 2.38 bits per heavy atom. The molecule has 0 saturated carbocycles. The van der Waals surface area contributed by atoms with Crippen LogP contribution in [0.15, 0.2) is 36.5 Å². The first-order valence-electron chi connectivity index (χ1n) is 7.21. The number of halogens is 4.